The van der Waals surface area contributed by atoms with E-state index in [4.69, 9.17) is 0 Å². The van der Waals surface area contributed by atoms with Crippen molar-refractivity contribution < 1.29 is 9.59 Å². The first-order valence-electron chi connectivity index (χ1n) is 9.80. The SMILES string of the molecule is CCC1CCCCN1C(=O)C1(C(=O)NCCCc2ccccc2)CC1. The quantitative estimate of drug-likeness (QED) is 0.610. The van der Waals surface area contributed by atoms with Crippen molar-refractivity contribution in [3.8, 4) is 0 Å². The number of nitrogens with zero attached hydrogens (tertiary/aromatic N) is 1. The molecule has 136 valence electrons. The standard InChI is InChI=1S/C21H30N2O2/c1-2-18-12-6-7-16-23(18)20(25)21(13-14-21)19(24)22-15-8-11-17-9-4-3-5-10-17/h3-5,9-10,18H,2,6-8,11-16H2,1H3,(H,22,24). The number of carbonyl (C=O) groups is 2. The molecule has 1 aromatic rings. The third-order valence-corrected chi connectivity index (χ3v) is 5.72. The van der Waals surface area contributed by atoms with Crippen LogP contribution in [0.25, 0.3) is 0 Å². The highest BCUT2D eigenvalue weighted by Crippen LogP contribution is 2.48. The Morgan fingerprint density at radius 3 is 2.64 bits per heavy atom. The van der Waals surface area contributed by atoms with Gasteiger partial charge in [0.1, 0.15) is 5.41 Å². The molecule has 2 fully saturated rings. The fourth-order valence-electron chi connectivity index (χ4n) is 3.94. The molecule has 0 bridgehead atoms. The average molecular weight is 342 g/mol. The molecule has 2 amide bonds. The van der Waals surface area contributed by atoms with Crippen LogP contribution in [0.3, 0.4) is 0 Å². The fraction of sp³-hybridized carbons (Fsp3) is 0.619. The van der Waals surface area contributed by atoms with E-state index in [-0.39, 0.29) is 11.8 Å². The summed E-state index contributed by atoms with van der Waals surface area (Å²) in [5.41, 5.74) is 0.533. The molecule has 1 aliphatic heterocycles. The topological polar surface area (TPSA) is 49.4 Å². The Morgan fingerprint density at radius 2 is 1.96 bits per heavy atom. The lowest BCUT2D eigenvalue weighted by molar-refractivity contribution is -0.147. The molecule has 1 heterocycles. The highest BCUT2D eigenvalue weighted by molar-refractivity contribution is 6.08. The maximum absolute atomic E-state index is 13.0. The van der Waals surface area contributed by atoms with Crippen LogP contribution in [-0.4, -0.2) is 35.8 Å². The van der Waals surface area contributed by atoms with Gasteiger partial charge in [0.05, 0.1) is 0 Å². The van der Waals surface area contributed by atoms with Crippen LogP contribution < -0.4 is 5.32 Å². The summed E-state index contributed by atoms with van der Waals surface area (Å²) >= 11 is 0. The van der Waals surface area contributed by atoms with Gasteiger partial charge < -0.3 is 10.2 Å². The van der Waals surface area contributed by atoms with Crippen molar-refractivity contribution in [1.29, 1.82) is 0 Å². The third kappa shape index (κ3) is 4.05. The number of carbonyl (C=O) groups excluding carboxylic acids is 2. The number of benzene rings is 1. The van der Waals surface area contributed by atoms with Crippen molar-refractivity contribution >= 4 is 11.8 Å². The Hall–Kier alpha value is -1.84. The van der Waals surface area contributed by atoms with Crippen LogP contribution in [0.1, 0.15) is 57.4 Å². The minimum atomic E-state index is -0.752. The van der Waals surface area contributed by atoms with Crippen molar-refractivity contribution in [1.82, 2.24) is 10.2 Å². The van der Waals surface area contributed by atoms with Crippen LogP contribution in [0, 0.1) is 5.41 Å². The zero-order valence-electron chi connectivity index (χ0n) is 15.3. The van der Waals surface area contributed by atoms with Gasteiger partial charge in [-0.1, -0.05) is 37.3 Å². The van der Waals surface area contributed by atoms with Crippen molar-refractivity contribution in [3.05, 3.63) is 35.9 Å². The molecule has 1 saturated carbocycles. The second-order valence-corrected chi connectivity index (χ2v) is 7.48. The number of likely N-dealkylation sites (tertiary alicyclic amines) is 1. The number of rotatable bonds is 7. The molecule has 1 aromatic carbocycles. The Kier molecular flexibility index (Phi) is 5.77. The van der Waals surface area contributed by atoms with Crippen LogP contribution in [0.4, 0.5) is 0 Å². The van der Waals surface area contributed by atoms with E-state index >= 15 is 0 Å². The second kappa shape index (κ2) is 8.03. The largest absolute Gasteiger partial charge is 0.355 e. The van der Waals surface area contributed by atoms with E-state index in [1.807, 2.05) is 23.1 Å². The van der Waals surface area contributed by atoms with Crippen molar-refractivity contribution in [2.75, 3.05) is 13.1 Å². The molecule has 2 aliphatic rings. The summed E-state index contributed by atoms with van der Waals surface area (Å²) in [7, 11) is 0. The molecular formula is C21H30N2O2. The predicted octanol–water partition coefficient (Wildman–Crippen LogP) is 3.31. The van der Waals surface area contributed by atoms with Gasteiger partial charge in [-0.05, 0) is 56.9 Å². The van der Waals surface area contributed by atoms with E-state index in [1.165, 1.54) is 12.0 Å². The Bertz CT molecular complexity index is 595. The number of hydrogen-bond acceptors (Lipinski definition) is 2. The Morgan fingerprint density at radius 1 is 1.20 bits per heavy atom. The Balaban J connectivity index is 1.50. The van der Waals surface area contributed by atoms with Gasteiger partial charge in [0.2, 0.25) is 11.8 Å². The smallest absolute Gasteiger partial charge is 0.238 e. The number of aryl methyl sites for hydroxylation is 1. The van der Waals surface area contributed by atoms with Crippen LogP contribution in [-0.2, 0) is 16.0 Å². The highest BCUT2D eigenvalue weighted by Gasteiger charge is 2.58. The first-order valence-corrected chi connectivity index (χ1v) is 9.80. The minimum absolute atomic E-state index is 0.0500. The van der Waals surface area contributed by atoms with E-state index < -0.39 is 5.41 Å². The van der Waals surface area contributed by atoms with Crippen LogP contribution >= 0.6 is 0 Å². The number of amides is 2. The molecule has 1 unspecified atom stereocenters. The number of hydrogen-bond donors (Lipinski definition) is 1. The van der Waals surface area contributed by atoms with E-state index in [0.29, 0.717) is 25.4 Å². The first kappa shape index (κ1) is 18.0. The summed E-state index contributed by atoms with van der Waals surface area (Å²) in [5, 5.41) is 3.02. The van der Waals surface area contributed by atoms with Gasteiger partial charge >= 0.3 is 0 Å². The van der Waals surface area contributed by atoms with Gasteiger partial charge in [-0.15, -0.1) is 0 Å². The minimum Gasteiger partial charge on any atom is -0.355 e. The van der Waals surface area contributed by atoms with E-state index in [9.17, 15) is 9.59 Å². The summed E-state index contributed by atoms with van der Waals surface area (Å²) in [6.07, 6.45) is 7.61. The molecule has 0 radical (unpaired) electrons. The average Bonchev–Trinajstić information content (AvgIpc) is 3.47. The van der Waals surface area contributed by atoms with Gasteiger partial charge in [0.15, 0.2) is 0 Å². The molecule has 4 heteroatoms. The summed E-state index contributed by atoms with van der Waals surface area (Å²) in [6.45, 7) is 3.60. The number of nitrogens with one attached hydrogen (secondary N) is 1. The lowest BCUT2D eigenvalue weighted by atomic mass is 9.95. The van der Waals surface area contributed by atoms with Crippen LogP contribution in [0.15, 0.2) is 30.3 Å². The predicted molar refractivity (Wildman–Crippen MR) is 99.1 cm³/mol. The van der Waals surface area contributed by atoms with Crippen LogP contribution in [0.5, 0.6) is 0 Å². The summed E-state index contributed by atoms with van der Waals surface area (Å²) in [4.78, 5) is 27.7. The maximum atomic E-state index is 13.0. The first-order chi connectivity index (χ1) is 12.2. The molecule has 25 heavy (non-hydrogen) atoms. The molecule has 0 aromatic heterocycles. The van der Waals surface area contributed by atoms with Crippen LogP contribution in [0.2, 0.25) is 0 Å². The molecule has 0 spiro atoms. The van der Waals surface area contributed by atoms with Gasteiger partial charge in [-0.3, -0.25) is 9.59 Å². The molecule has 1 atom stereocenters. The zero-order chi connectivity index (χ0) is 17.7. The molecule has 1 aliphatic carbocycles. The van der Waals surface area contributed by atoms with Crippen molar-refractivity contribution in [2.45, 2.75) is 64.3 Å². The van der Waals surface area contributed by atoms with Gasteiger partial charge in [-0.25, -0.2) is 0 Å². The van der Waals surface area contributed by atoms with E-state index in [0.717, 1.165) is 38.6 Å². The molecule has 1 saturated heterocycles. The summed E-state index contributed by atoms with van der Waals surface area (Å²) in [5.74, 6) is 0.0330. The van der Waals surface area contributed by atoms with Gasteiger partial charge in [0, 0.05) is 19.1 Å². The zero-order valence-corrected chi connectivity index (χ0v) is 15.3. The van der Waals surface area contributed by atoms with E-state index in [1.54, 1.807) is 0 Å². The van der Waals surface area contributed by atoms with Gasteiger partial charge in [0.25, 0.3) is 0 Å². The monoisotopic (exact) mass is 342 g/mol. The third-order valence-electron chi connectivity index (χ3n) is 5.72. The normalized spacial score (nSPS) is 21.6. The second-order valence-electron chi connectivity index (χ2n) is 7.48. The summed E-state index contributed by atoms with van der Waals surface area (Å²) in [6, 6.07) is 10.6. The summed E-state index contributed by atoms with van der Waals surface area (Å²) < 4.78 is 0. The van der Waals surface area contributed by atoms with Crippen molar-refractivity contribution in [2.24, 2.45) is 5.41 Å². The molecular weight excluding hydrogens is 312 g/mol. The molecule has 3 rings (SSSR count). The van der Waals surface area contributed by atoms with Gasteiger partial charge in [-0.2, -0.15) is 0 Å². The highest BCUT2D eigenvalue weighted by atomic mass is 16.2. The molecule has 1 N–H and O–H groups in total. The maximum Gasteiger partial charge on any atom is 0.238 e. The molecule has 4 nitrogen and oxygen atoms in total. The Labute approximate surface area is 151 Å². The lowest BCUT2D eigenvalue weighted by Crippen LogP contribution is -2.51. The fourth-order valence-corrected chi connectivity index (χ4v) is 3.94. The van der Waals surface area contributed by atoms with E-state index in [2.05, 4.69) is 24.4 Å². The number of piperidine rings is 1. The lowest BCUT2D eigenvalue weighted by Gasteiger charge is -2.37. The van der Waals surface area contributed by atoms with Crippen molar-refractivity contribution in [3.63, 3.8) is 0 Å².